The molecule has 122 valence electrons. The molecule has 5 heteroatoms. The summed E-state index contributed by atoms with van der Waals surface area (Å²) in [6.45, 7) is 0. The third kappa shape index (κ3) is 3.49. The van der Waals surface area contributed by atoms with E-state index in [1.807, 2.05) is 13.2 Å². The zero-order chi connectivity index (χ0) is 15.5. The minimum Gasteiger partial charge on any atom is -0.331 e. The number of aromatic nitrogens is 2. The van der Waals surface area contributed by atoms with Gasteiger partial charge in [-0.25, -0.2) is 0 Å². The monoisotopic (exact) mass is 415 g/mol. The normalized spacial score (nSPS) is 21.0. The van der Waals surface area contributed by atoms with Gasteiger partial charge >= 0.3 is 0 Å². The van der Waals surface area contributed by atoms with Crippen LogP contribution in [0, 0.1) is 3.57 Å². The average Bonchev–Trinajstić information content (AvgIpc) is 2.88. The molecule has 1 heterocycles. The molecule has 1 aromatic rings. The summed E-state index contributed by atoms with van der Waals surface area (Å²) in [4.78, 5) is 15.5. The Morgan fingerprint density at radius 3 is 2.00 bits per heavy atom. The van der Waals surface area contributed by atoms with Gasteiger partial charge in [0.25, 0.3) is 5.91 Å². The molecule has 1 aromatic heterocycles. The van der Waals surface area contributed by atoms with Crippen LogP contribution in [0.25, 0.3) is 0 Å². The molecular weight excluding hydrogens is 389 g/mol. The largest absolute Gasteiger partial charge is 0.331 e. The van der Waals surface area contributed by atoms with Gasteiger partial charge in [0.05, 0.1) is 3.57 Å². The molecule has 0 N–H and O–H groups in total. The summed E-state index contributed by atoms with van der Waals surface area (Å²) in [5.74, 6) is 0.170. The highest BCUT2D eigenvalue weighted by molar-refractivity contribution is 14.1. The van der Waals surface area contributed by atoms with Crippen molar-refractivity contribution in [3.8, 4) is 0 Å². The van der Waals surface area contributed by atoms with Crippen molar-refractivity contribution in [3.05, 3.63) is 15.5 Å². The van der Waals surface area contributed by atoms with Crippen LogP contribution in [0.1, 0.15) is 74.7 Å². The minimum atomic E-state index is 0.170. The molecule has 1 amide bonds. The van der Waals surface area contributed by atoms with Crippen LogP contribution in [0.4, 0.5) is 0 Å². The van der Waals surface area contributed by atoms with E-state index >= 15 is 0 Å². The molecular formula is C17H26IN3O. The van der Waals surface area contributed by atoms with Crippen LogP contribution in [-0.4, -0.2) is 32.7 Å². The number of hydrogen-bond acceptors (Lipinski definition) is 2. The van der Waals surface area contributed by atoms with Gasteiger partial charge in [-0.2, -0.15) is 5.10 Å². The summed E-state index contributed by atoms with van der Waals surface area (Å²) >= 11 is 2.24. The Labute approximate surface area is 146 Å². The van der Waals surface area contributed by atoms with E-state index in [0.717, 1.165) is 3.57 Å². The third-order valence-electron chi connectivity index (χ3n) is 5.16. The molecule has 2 aliphatic rings. The van der Waals surface area contributed by atoms with Crippen molar-refractivity contribution < 1.29 is 4.79 Å². The van der Waals surface area contributed by atoms with E-state index in [1.54, 1.807) is 4.68 Å². The number of nitrogens with zero attached hydrogens (tertiary/aromatic N) is 3. The molecule has 3 rings (SSSR count). The van der Waals surface area contributed by atoms with Gasteiger partial charge in [0.2, 0.25) is 0 Å². The predicted molar refractivity (Wildman–Crippen MR) is 95.8 cm³/mol. The van der Waals surface area contributed by atoms with Crippen molar-refractivity contribution >= 4 is 28.5 Å². The maximum Gasteiger partial charge on any atom is 0.275 e. The first-order valence-electron chi connectivity index (χ1n) is 8.68. The van der Waals surface area contributed by atoms with Crippen LogP contribution in [-0.2, 0) is 7.05 Å². The van der Waals surface area contributed by atoms with E-state index in [1.165, 1.54) is 64.2 Å². The molecule has 0 radical (unpaired) electrons. The Balaban J connectivity index is 1.86. The number of hydrogen-bond donors (Lipinski definition) is 0. The SMILES string of the molecule is Cn1cc(I)c(C(=O)N(C2CCCCC2)C2CCCCC2)n1. The molecule has 0 unspecified atom stereocenters. The lowest BCUT2D eigenvalue weighted by Crippen LogP contribution is -2.49. The van der Waals surface area contributed by atoms with Gasteiger partial charge in [-0.3, -0.25) is 9.48 Å². The molecule has 0 bridgehead atoms. The van der Waals surface area contributed by atoms with Crippen LogP contribution >= 0.6 is 22.6 Å². The summed E-state index contributed by atoms with van der Waals surface area (Å²) in [6.07, 6.45) is 14.3. The van der Waals surface area contributed by atoms with Gasteiger partial charge in [-0.05, 0) is 48.3 Å². The Kier molecular flexibility index (Phi) is 5.42. The highest BCUT2D eigenvalue weighted by Crippen LogP contribution is 2.31. The van der Waals surface area contributed by atoms with E-state index < -0.39 is 0 Å². The van der Waals surface area contributed by atoms with Crippen LogP contribution < -0.4 is 0 Å². The lowest BCUT2D eigenvalue weighted by molar-refractivity contribution is 0.0441. The van der Waals surface area contributed by atoms with E-state index in [9.17, 15) is 4.79 Å². The molecule has 4 nitrogen and oxygen atoms in total. The third-order valence-corrected chi connectivity index (χ3v) is 5.95. The van der Waals surface area contributed by atoms with E-state index in [2.05, 4.69) is 32.6 Å². The Morgan fingerprint density at radius 1 is 1.09 bits per heavy atom. The minimum absolute atomic E-state index is 0.170. The number of carbonyl (C=O) groups is 1. The van der Waals surface area contributed by atoms with Gasteiger partial charge in [0, 0.05) is 25.3 Å². The van der Waals surface area contributed by atoms with E-state index in [-0.39, 0.29) is 5.91 Å². The molecule has 0 atom stereocenters. The number of carbonyl (C=O) groups excluding carboxylic acids is 1. The first-order chi connectivity index (χ1) is 10.7. The summed E-state index contributed by atoms with van der Waals surface area (Å²) in [5, 5.41) is 4.44. The number of rotatable bonds is 3. The highest BCUT2D eigenvalue weighted by Gasteiger charge is 2.34. The van der Waals surface area contributed by atoms with Crippen molar-refractivity contribution in [2.45, 2.75) is 76.3 Å². The topological polar surface area (TPSA) is 38.1 Å². The molecule has 22 heavy (non-hydrogen) atoms. The van der Waals surface area contributed by atoms with Crippen molar-refractivity contribution in [3.63, 3.8) is 0 Å². The second kappa shape index (κ2) is 7.32. The van der Waals surface area contributed by atoms with Gasteiger partial charge in [0.1, 0.15) is 0 Å². The standard InChI is InChI=1S/C17H26IN3O/c1-20-12-15(18)16(19-20)17(22)21(13-8-4-2-5-9-13)14-10-6-3-7-11-14/h12-14H,2-11H2,1H3. The van der Waals surface area contributed by atoms with Gasteiger partial charge in [-0.1, -0.05) is 38.5 Å². The Morgan fingerprint density at radius 2 is 1.59 bits per heavy atom. The van der Waals surface area contributed by atoms with Gasteiger partial charge in [0.15, 0.2) is 5.69 Å². The quantitative estimate of drug-likeness (QED) is 0.697. The van der Waals surface area contributed by atoms with Crippen molar-refractivity contribution in [1.29, 1.82) is 0 Å². The second-order valence-corrected chi connectivity index (χ2v) is 7.96. The molecule has 0 aromatic carbocycles. The van der Waals surface area contributed by atoms with Gasteiger partial charge in [-0.15, -0.1) is 0 Å². The fourth-order valence-corrected chi connectivity index (χ4v) is 4.82. The van der Waals surface area contributed by atoms with Crippen LogP contribution in [0.3, 0.4) is 0 Å². The predicted octanol–water partition coefficient (Wildman–Crippen LogP) is 4.13. The molecule has 2 saturated carbocycles. The Hall–Kier alpha value is -0.590. The molecule has 0 saturated heterocycles. The fraction of sp³-hybridized carbons (Fsp3) is 0.765. The van der Waals surface area contributed by atoms with Crippen molar-refractivity contribution in [2.24, 2.45) is 7.05 Å². The number of amides is 1. The van der Waals surface area contributed by atoms with Crippen molar-refractivity contribution in [2.75, 3.05) is 0 Å². The Bertz CT molecular complexity index is 498. The summed E-state index contributed by atoms with van der Waals surface area (Å²) in [6, 6.07) is 0.865. The molecule has 0 aliphatic heterocycles. The zero-order valence-electron chi connectivity index (χ0n) is 13.4. The molecule has 2 aliphatic carbocycles. The summed E-state index contributed by atoms with van der Waals surface area (Å²) in [5.41, 5.74) is 0.652. The lowest BCUT2D eigenvalue weighted by Gasteiger charge is -2.41. The van der Waals surface area contributed by atoms with E-state index in [0.29, 0.717) is 17.8 Å². The summed E-state index contributed by atoms with van der Waals surface area (Å²) in [7, 11) is 1.89. The highest BCUT2D eigenvalue weighted by atomic mass is 127. The first kappa shape index (κ1) is 16.3. The van der Waals surface area contributed by atoms with Crippen molar-refractivity contribution in [1.82, 2.24) is 14.7 Å². The summed E-state index contributed by atoms with van der Waals surface area (Å²) < 4.78 is 2.73. The molecule has 0 spiro atoms. The lowest BCUT2D eigenvalue weighted by atomic mass is 9.88. The second-order valence-electron chi connectivity index (χ2n) is 6.80. The van der Waals surface area contributed by atoms with Crippen LogP contribution in [0.2, 0.25) is 0 Å². The maximum absolute atomic E-state index is 13.2. The average molecular weight is 415 g/mol. The first-order valence-corrected chi connectivity index (χ1v) is 9.76. The maximum atomic E-state index is 13.2. The van der Waals surface area contributed by atoms with Crippen LogP contribution in [0.15, 0.2) is 6.20 Å². The number of halogens is 1. The number of aryl methyl sites for hydroxylation is 1. The molecule has 2 fully saturated rings. The van der Waals surface area contributed by atoms with Gasteiger partial charge < -0.3 is 4.90 Å². The zero-order valence-corrected chi connectivity index (χ0v) is 15.6. The fourth-order valence-electron chi connectivity index (χ4n) is 4.07. The van der Waals surface area contributed by atoms with E-state index in [4.69, 9.17) is 0 Å². The van der Waals surface area contributed by atoms with Crippen LogP contribution in [0.5, 0.6) is 0 Å². The smallest absolute Gasteiger partial charge is 0.275 e.